The summed E-state index contributed by atoms with van der Waals surface area (Å²) in [7, 11) is 0. The number of hydrogen-bond acceptors (Lipinski definition) is 2. The number of H-pyrrole nitrogens is 1. The first-order valence-electron chi connectivity index (χ1n) is 10.6. The van der Waals surface area contributed by atoms with Crippen LogP contribution < -0.4 is 0 Å². The van der Waals surface area contributed by atoms with E-state index >= 15 is 0 Å². The molecule has 0 aliphatic heterocycles. The van der Waals surface area contributed by atoms with Crippen LogP contribution in [0.5, 0.6) is 0 Å². The number of aromatic amines is 1. The summed E-state index contributed by atoms with van der Waals surface area (Å²) in [4.78, 5) is 10.8. The van der Waals surface area contributed by atoms with Crippen LogP contribution in [0.3, 0.4) is 0 Å². The van der Waals surface area contributed by atoms with E-state index in [4.69, 9.17) is 5.11 Å². The van der Waals surface area contributed by atoms with Gasteiger partial charge in [-0.05, 0) is 52.8 Å². The van der Waals surface area contributed by atoms with Gasteiger partial charge in [0.15, 0.2) is 0 Å². The maximum absolute atomic E-state index is 10.8. The van der Waals surface area contributed by atoms with Crippen molar-refractivity contribution in [2.75, 3.05) is 0 Å². The summed E-state index contributed by atoms with van der Waals surface area (Å²) in [6.45, 7) is 2.23. The predicted molar refractivity (Wildman–Crippen MR) is 125 cm³/mol. The van der Waals surface area contributed by atoms with Crippen molar-refractivity contribution in [1.82, 2.24) is 10.2 Å². The standard InChI is InChI=1S/C27H26N2O2/c1-2-6-24(20-7-4-3-5-8-20)27(22-14-15-25-23(17-22)18-28-29-25)21-12-9-19(10-13-21)11-16-26(30)31/h3-5,7-18,24,27H,2,6H2,1H3,(H,28,29)(H,30,31)/b16-11+. The Morgan fingerprint density at radius 3 is 2.45 bits per heavy atom. The number of nitrogens with one attached hydrogen (secondary N) is 1. The van der Waals surface area contributed by atoms with Gasteiger partial charge < -0.3 is 5.11 Å². The van der Waals surface area contributed by atoms with E-state index in [0.29, 0.717) is 5.92 Å². The van der Waals surface area contributed by atoms with Gasteiger partial charge in [0.05, 0.1) is 11.7 Å². The second kappa shape index (κ2) is 9.43. The second-order valence-electron chi connectivity index (χ2n) is 7.84. The van der Waals surface area contributed by atoms with Crippen LogP contribution in [-0.2, 0) is 4.79 Å². The van der Waals surface area contributed by atoms with Crippen molar-refractivity contribution in [2.24, 2.45) is 0 Å². The highest BCUT2D eigenvalue weighted by molar-refractivity contribution is 5.85. The van der Waals surface area contributed by atoms with Gasteiger partial charge >= 0.3 is 5.97 Å². The van der Waals surface area contributed by atoms with Crippen LogP contribution in [0.1, 0.15) is 53.9 Å². The fraction of sp³-hybridized carbons (Fsp3) is 0.185. The molecule has 0 spiro atoms. The molecule has 2 unspecified atom stereocenters. The van der Waals surface area contributed by atoms with Crippen LogP contribution in [0.2, 0.25) is 0 Å². The molecule has 4 aromatic rings. The Kier molecular flexibility index (Phi) is 6.27. The number of hydrogen-bond donors (Lipinski definition) is 2. The van der Waals surface area contributed by atoms with Gasteiger partial charge in [0.1, 0.15) is 0 Å². The third-order valence-corrected chi connectivity index (χ3v) is 5.77. The molecule has 4 heteroatoms. The van der Waals surface area contributed by atoms with E-state index in [9.17, 15) is 4.79 Å². The average molecular weight is 411 g/mol. The minimum atomic E-state index is -0.942. The van der Waals surface area contributed by atoms with Crippen molar-refractivity contribution in [3.05, 3.63) is 107 Å². The van der Waals surface area contributed by atoms with Crippen LogP contribution >= 0.6 is 0 Å². The van der Waals surface area contributed by atoms with Crippen LogP contribution in [0, 0.1) is 0 Å². The molecule has 4 nitrogen and oxygen atoms in total. The van der Waals surface area contributed by atoms with Gasteiger partial charge in [0.25, 0.3) is 0 Å². The lowest BCUT2D eigenvalue weighted by Gasteiger charge is -2.29. The number of carboxylic acids is 1. The molecule has 2 N–H and O–H groups in total. The Labute approximate surface area is 182 Å². The Balaban J connectivity index is 1.80. The van der Waals surface area contributed by atoms with Crippen LogP contribution in [-0.4, -0.2) is 21.3 Å². The molecule has 1 aromatic heterocycles. The highest BCUT2D eigenvalue weighted by Crippen LogP contribution is 2.42. The summed E-state index contributed by atoms with van der Waals surface area (Å²) < 4.78 is 0. The van der Waals surface area contributed by atoms with E-state index in [2.05, 4.69) is 77.8 Å². The maximum atomic E-state index is 10.8. The highest BCUT2D eigenvalue weighted by Gasteiger charge is 2.26. The fourth-order valence-electron chi connectivity index (χ4n) is 4.33. The van der Waals surface area contributed by atoms with Gasteiger partial charge in [-0.3, -0.25) is 5.10 Å². The Hall–Kier alpha value is -3.66. The molecule has 0 saturated heterocycles. The summed E-state index contributed by atoms with van der Waals surface area (Å²) in [5.41, 5.74) is 5.71. The molecule has 1 heterocycles. The van der Waals surface area contributed by atoms with Crippen molar-refractivity contribution in [3.8, 4) is 0 Å². The predicted octanol–water partition coefficient (Wildman–Crippen LogP) is 6.38. The summed E-state index contributed by atoms with van der Waals surface area (Å²) in [6.07, 6.45) is 6.82. The summed E-state index contributed by atoms with van der Waals surface area (Å²) in [6, 6.07) is 25.4. The van der Waals surface area contributed by atoms with Gasteiger partial charge in [-0.1, -0.05) is 74.0 Å². The first kappa shape index (κ1) is 20.6. The molecule has 3 aromatic carbocycles. The molecule has 0 fully saturated rings. The van der Waals surface area contributed by atoms with Crippen LogP contribution in [0.15, 0.2) is 85.1 Å². The number of rotatable bonds is 8. The maximum Gasteiger partial charge on any atom is 0.328 e. The molecular weight excluding hydrogens is 384 g/mol. The van der Waals surface area contributed by atoms with E-state index in [1.165, 1.54) is 22.8 Å². The largest absolute Gasteiger partial charge is 0.478 e. The van der Waals surface area contributed by atoms with E-state index in [1.807, 2.05) is 18.3 Å². The van der Waals surface area contributed by atoms with Crippen LogP contribution in [0.4, 0.5) is 0 Å². The first-order chi connectivity index (χ1) is 15.2. The third-order valence-electron chi connectivity index (χ3n) is 5.77. The average Bonchev–Trinajstić information content (AvgIpc) is 3.27. The SMILES string of the molecule is CCCC(c1ccccc1)C(c1ccc(/C=C/C(=O)O)cc1)c1ccc2[nH]ncc2c1. The summed E-state index contributed by atoms with van der Waals surface area (Å²) in [5, 5.41) is 17.2. The van der Waals surface area contributed by atoms with Gasteiger partial charge in [-0.15, -0.1) is 0 Å². The van der Waals surface area contributed by atoms with Crippen molar-refractivity contribution >= 4 is 22.9 Å². The number of carbonyl (C=O) groups is 1. The first-order valence-corrected chi connectivity index (χ1v) is 10.6. The van der Waals surface area contributed by atoms with Gasteiger partial charge in [-0.25, -0.2) is 4.79 Å². The molecule has 0 aliphatic rings. The molecule has 156 valence electrons. The Morgan fingerprint density at radius 1 is 1.00 bits per heavy atom. The van der Waals surface area contributed by atoms with E-state index in [1.54, 1.807) is 6.08 Å². The van der Waals surface area contributed by atoms with Crippen molar-refractivity contribution in [2.45, 2.75) is 31.6 Å². The molecular formula is C27H26N2O2. The van der Waals surface area contributed by atoms with Gasteiger partial charge in [0, 0.05) is 17.4 Å². The van der Waals surface area contributed by atoms with Crippen LogP contribution in [0.25, 0.3) is 17.0 Å². The van der Waals surface area contributed by atoms with E-state index in [-0.39, 0.29) is 5.92 Å². The molecule has 2 atom stereocenters. The van der Waals surface area contributed by atoms with E-state index in [0.717, 1.165) is 29.3 Å². The van der Waals surface area contributed by atoms with Crippen molar-refractivity contribution in [3.63, 3.8) is 0 Å². The smallest absolute Gasteiger partial charge is 0.328 e. The normalized spacial score (nSPS) is 13.5. The number of nitrogens with zero attached hydrogens (tertiary/aromatic N) is 1. The lowest BCUT2D eigenvalue weighted by atomic mass is 9.75. The zero-order valence-corrected chi connectivity index (χ0v) is 17.5. The number of aromatic nitrogens is 2. The second-order valence-corrected chi connectivity index (χ2v) is 7.84. The number of benzene rings is 3. The minimum absolute atomic E-state index is 0.180. The molecule has 0 radical (unpaired) electrons. The molecule has 0 aliphatic carbocycles. The fourth-order valence-corrected chi connectivity index (χ4v) is 4.33. The lowest BCUT2D eigenvalue weighted by Crippen LogP contribution is -2.13. The van der Waals surface area contributed by atoms with Crippen molar-refractivity contribution < 1.29 is 9.90 Å². The molecule has 0 bridgehead atoms. The Bertz CT molecular complexity index is 1180. The van der Waals surface area contributed by atoms with E-state index < -0.39 is 5.97 Å². The zero-order valence-electron chi connectivity index (χ0n) is 17.5. The molecule has 31 heavy (non-hydrogen) atoms. The molecule has 0 amide bonds. The highest BCUT2D eigenvalue weighted by atomic mass is 16.4. The summed E-state index contributed by atoms with van der Waals surface area (Å²) >= 11 is 0. The third kappa shape index (κ3) is 4.75. The van der Waals surface area contributed by atoms with Gasteiger partial charge in [0.2, 0.25) is 0 Å². The topological polar surface area (TPSA) is 66.0 Å². The number of fused-ring (bicyclic) bond motifs is 1. The quantitative estimate of drug-likeness (QED) is 0.331. The molecule has 4 rings (SSSR count). The monoisotopic (exact) mass is 410 g/mol. The minimum Gasteiger partial charge on any atom is -0.478 e. The lowest BCUT2D eigenvalue weighted by molar-refractivity contribution is -0.131. The summed E-state index contributed by atoms with van der Waals surface area (Å²) in [5.74, 6) is -0.433. The molecule has 0 saturated carbocycles. The number of carboxylic acid groups (broad SMARTS) is 1. The zero-order chi connectivity index (χ0) is 21.6. The van der Waals surface area contributed by atoms with Crippen molar-refractivity contribution in [1.29, 1.82) is 0 Å². The number of aliphatic carboxylic acids is 1. The van der Waals surface area contributed by atoms with Gasteiger partial charge in [-0.2, -0.15) is 5.10 Å². The Morgan fingerprint density at radius 2 is 1.74 bits per heavy atom.